The Morgan fingerprint density at radius 1 is 1.38 bits per heavy atom. The van der Waals surface area contributed by atoms with Crippen molar-refractivity contribution in [1.29, 1.82) is 0 Å². The Morgan fingerprint density at radius 2 is 1.92 bits per heavy atom. The van der Waals surface area contributed by atoms with Crippen LogP contribution in [-0.4, -0.2) is 6.18 Å². The fraction of sp³-hybridized carbons (Fsp3) is 0.800. The zero-order valence-electron chi connectivity index (χ0n) is 8.19. The van der Waals surface area contributed by atoms with Gasteiger partial charge in [-0.2, -0.15) is 13.2 Å². The molecule has 0 saturated heterocycles. The normalized spacial score (nSPS) is 16.7. The molecule has 78 valence electrons. The van der Waals surface area contributed by atoms with Gasteiger partial charge in [0, 0.05) is 6.42 Å². The van der Waals surface area contributed by atoms with Crippen LogP contribution in [0, 0.1) is 11.8 Å². The molecule has 0 fully saturated rings. The van der Waals surface area contributed by atoms with Crippen molar-refractivity contribution in [2.45, 2.75) is 39.3 Å². The first-order valence-corrected chi connectivity index (χ1v) is 4.60. The molecule has 0 aliphatic carbocycles. The second-order valence-corrected chi connectivity index (χ2v) is 3.48. The SMILES string of the molecule is C=C[C@@H](CC(F)(F)F)C(C)CCC. The molecule has 0 aromatic rings. The van der Waals surface area contributed by atoms with E-state index < -0.39 is 18.5 Å². The smallest absolute Gasteiger partial charge is 0.171 e. The highest BCUT2D eigenvalue weighted by atomic mass is 19.4. The van der Waals surface area contributed by atoms with Crippen LogP contribution < -0.4 is 0 Å². The Kier molecular flexibility index (Phi) is 5.11. The van der Waals surface area contributed by atoms with Crippen LogP contribution in [0.2, 0.25) is 0 Å². The maximum atomic E-state index is 12.0. The Morgan fingerprint density at radius 3 is 2.23 bits per heavy atom. The highest BCUT2D eigenvalue weighted by Gasteiger charge is 2.32. The molecule has 3 heteroatoms. The van der Waals surface area contributed by atoms with Gasteiger partial charge in [-0.25, -0.2) is 0 Å². The van der Waals surface area contributed by atoms with E-state index in [4.69, 9.17) is 0 Å². The first-order chi connectivity index (χ1) is 5.90. The molecule has 0 spiro atoms. The lowest BCUT2D eigenvalue weighted by Gasteiger charge is -2.21. The predicted octanol–water partition coefficient (Wildman–Crippen LogP) is 4.18. The summed E-state index contributed by atoms with van der Waals surface area (Å²) in [4.78, 5) is 0. The monoisotopic (exact) mass is 194 g/mol. The summed E-state index contributed by atoms with van der Waals surface area (Å²) in [5.74, 6) is -0.357. The average molecular weight is 194 g/mol. The number of halogens is 3. The minimum atomic E-state index is -4.07. The van der Waals surface area contributed by atoms with E-state index in [0.29, 0.717) is 0 Å². The fourth-order valence-electron chi connectivity index (χ4n) is 1.45. The van der Waals surface area contributed by atoms with Crippen LogP contribution in [-0.2, 0) is 0 Å². The molecule has 13 heavy (non-hydrogen) atoms. The first-order valence-electron chi connectivity index (χ1n) is 4.60. The van der Waals surface area contributed by atoms with E-state index in [2.05, 4.69) is 6.58 Å². The summed E-state index contributed by atoms with van der Waals surface area (Å²) in [5.41, 5.74) is 0. The molecular weight excluding hydrogens is 177 g/mol. The molecule has 0 saturated carbocycles. The Bertz CT molecular complexity index is 149. The maximum absolute atomic E-state index is 12.0. The van der Waals surface area contributed by atoms with Gasteiger partial charge in [-0.1, -0.05) is 32.8 Å². The lowest BCUT2D eigenvalue weighted by molar-refractivity contribution is -0.144. The summed E-state index contributed by atoms with van der Waals surface area (Å²) in [6.07, 6.45) is -1.64. The van der Waals surface area contributed by atoms with Gasteiger partial charge in [-0.05, 0) is 11.8 Å². The number of hydrogen-bond acceptors (Lipinski definition) is 0. The van der Waals surface area contributed by atoms with E-state index in [1.807, 2.05) is 13.8 Å². The molecule has 0 bridgehead atoms. The molecule has 0 aliphatic heterocycles. The van der Waals surface area contributed by atoms with Gasteiger partial charge in [-0.3, -0.25) is 0 Å². The quantitative estimate of drug-likeness (QED) is 0.576. The number of hydrogen-bond donors (Lipinski definition) is 0. The van der Waals surface area contributed by atoms with Crippen molar-refractivity contribution in [3.8, 4) is 0 Å². The molecule has 2 atom stereocenters. The third-order valence-corrected chi connectivity index (χ3v) is 2.24. The number of alkyl halides is 3. The largest absolute Gasteiger partial charge is 0.389 e. The lowest BCUT2D eigenvalue weighted by Crippen LogP contribution is -2.19. The van der Waals surface area contributed by atoms with E-state index in [9.17, 15) is 13.2 Å². The minimum Gasteiger partial charge on any atom is -0.171 e. The Balaban J connectivity index is 4.09. The Hall–Kier alpha value is -0.470. The van der Waals surface area contributed by atoms with Gasteiger partial charge in [0.15, 0.2) is 0 Å². The molecule has 0 rings (SSSR count). The van der Waals surface area contributed by atoms with E-state index in [-0.39, 0.29) is 5.92 Å². The predicted molar refractivity (Wildman–Crippen MR) is 48.4 cm³/mol. The zero-order valence-corrected chi connectivity index (χ0v) is 8.19. The van der Waals surface area contributed by atoms with Crippen molar-refractivity contribution < 1.29 is 13.2 Å². The van der Waals surface area contributed by atoms with Crippen LogP contribution in [0.4, 0.5) is 13.2 Å². The van der Waals surface area contributed by atoms with Crippen molar-refractivity contribution in [3.05, 3.63) is 12.7 Å². The van der Waals surface area contributed by atoms with Gasteiger partial charge in [0.05, 0.1) is 0 Å². The van der Waals surface area contributed by atoms with Crippen LogP contribution in [0.15, 0.2) is 12.7 Å². The van der Waals surface area contributed by atoms with Crippen molar-refractivity contribution in [2.24, 2.45) is 11.8 Å². The molecular formula is C10H17F3. The summed E-state index contributed by atoms with van der Waals surface area (Å²) in [6, 6.07) is 0. The molecule has 0 radical (unpaired) electrons. The van der Waals surface area contributed by atoms with Crippen LogP contribution >= 0.6 is 0 Å². The average Bonchev–Trinajstić information content (AvgIpc) is 1.99. The fourth-order valence-corrected chi connectivity index (χ4v) is 1.45. The van der Waals surface area contributed by atoms with Crippen LogP contribution in [0.25, 0.3) is 0 Å². The number of allylic oxidation sites excluding steroid dienone is 1. The summed E-state index contributed by atoms with van der Waals surface area (Å²) in [6.45, 7) is 7.27. The van der Waals surface area contributed by atoms with Crippen molar-refractivity contribution in [3.63, 3.8) is 0 Å². The van der Waals surface area contributed by atoms with Crippen LogP contribution in [0.1, 0.15) is 33.1 Å². The van der Waals surface area contributed by atoms with Gasteiger partial charge in [0.25, 0.3) is 0 Å². The third-order valence-electron chi connectivity index (χ3n) is 2.24. The maximum Gasteiger partial charge on any atom is 0.389 e. The molecule has 1 unspecified atom stereocenters. The van der Waals surface area contributed by atoms with E-state index in [0.717, 1.165) is 12.8 Å². The second-order valence-electron chi connectivity index (χ2n) is 3.48. The van der Waals surface area contributed by atoms with Crippen molar-refractivity contribution in [1.82, 2.24) is 0 Å². The third kappa shape index (κ3) is 5.72. The van der Waals surface area contributed by atoms with Crippen molar-refractivity contribution >= 4 is 0 Å². The zero-order chi connectivity index (χ0) is 10.5. The van der Waals surface area contributed by atoms with E-state index in [1.54, 1.807) is 0 Å². The summed E-state index contributed by atoms with van der Waals surface area (Å²) in [7, 11) is 0. The van der Waals surface area contributed by atoms with Gasteiger partial charge in [-0.15, -0.1) is 6.58 Å². The summed E-state index contributed by atoms with van der Waals surface area (Å²) >= 11 is 0. The van der Waals surface area contributed by atoms with Crippen LogP contribution in [0.5, 0.6) is 0 Å². The van der Waals surface area contributed by atoms with Gasteiger partial charge >= 0.3 is 6.18 Å². The lowest BCUT2D eigenvalue weighted by atomic mass is 9.87. The number of rotatable bonds is 5. The molecule has 0 heterocycles. The Labute approximate surface area is 77.8 Å². The van der Waals surface area contributed by atoms with Crippen LogP contribution in [0.3, 0.4) is 0 Å². The summed E-state index contributed by atoms with van der Waals surface area (Å²) < 4.78 is 36.1. The molecule has 0 aromatic heterocycles. The molecule has 0 nitrogen and oxygen atoms in total. The van der Waals surface area contributed by atoms with Gasteiger partial charge in [0.1, 0.15) is 0 Å². The standard InChI is InChI=1S/C10H17F3/c1-4-6-8(3)9(5-2)7-10(11,12)13/h5,8-9H,2,4,6-7H2,1,3H3/t8?,9-/m0/s1. The van der Waals surface area contributed by atoms with Crippen molar-refractivity contribution in [2.75, 3.05) is 0 Å². The highest BCUT2D eigenvalue weighted by Crippen LogP contribution is 2.31. The molecule has 0 aliphatic rings. The van der Waals surface area contributed by atoms with E-state index >= 15 is 0 Å². The second kappa shape index (κ2) is 5.30. The topological polar surface area (TPSA) is 0 Å². The van der Waals surface area contributed by atoms with Gasteiger partial charge in [0.2, 0.25) is 0 Å². The highest BCUT2D eigenvalue weighted by molar-refractivity contribution is 4.84. The first kappa shape index (κ1) is 12.5. The van der Waals surface area contributed by atoms with Gasteiger partial charge < -0.3 is 0 Å². The van der Waals surface area contributed by atoms with E-state index in [1.165, 1.54) is 6.08 Å². The molecule has 0 amide bonds. The molecule has 0 N–H and O–H groups in total. The molecule has 0 aromatic carbocycles. The summed E-state index contributed by atoms with van der Waals surface area (Å²) in [5, 5.41) is 0. The minimum absolute atomic E-state index is 0.0733.